The van der Waals surface area contributed by atoms with E-state index in [4.69, 9.17) is 0 Å². The number of nitrogens with zero attached hydrogens (tertiary/aromatic N) is 2. The number of halogens is 1. The zero-order valence-electron chi connectivity index (χ0n) is 12.7. The molecule has 0 spiro atoms. The molecule has 0 saturated heterocycles. The van der Waals surface area contributed by atoms with E-state index >= 15 is 0 Å². The molecule has 0 aliphatic carbocycles. The van der Waals surface area contributed by atoms with Crippen LogP contribution in [-0.2, 0) is 25.8 Å². The van der Waals surface area contributed by atoms with Crippen LogP contribution in [-0.4, -0.2) is 21.0 Å². The van der Waals surface area contributed by atoms with E-state index in [2.05, 4.69) is 47.0 Å². The lowest BCUT2D eigenvalue weighted by atomic mass is 10.0. The van der Waals surface area contributed by atoms with Crippen molar-refractivity contribution >= 4 is 15.9 Å². The van der Waals surface area contributed by atoms with Crippen molar-refractivity contribution in [2.75, 3.05) is 0 Å². The van der Waals surface area contributed by atoms with Crippen molar-refractivity contribution in [3.05, 3.63) is 51.8 Å². The molecule has 4 heteroatoms. The van der Waals surface area contributed by atoms with Gasteiger partial charge in [-0.3, -0.25) is 4.68 Å². The Bertz CT molecular complexity index is 566. The fraction of sp³-hybridized carbons (Fsp3) is 0.471. The van der Waals surface area contributed by atoms with E-state index in [1.54, 1.807) is 0 Å². The summed E-state index contributed by atoms with van der Waals surface area (Å²) in [7, 11) is 0. The maximum atomic E-state index is 10.3. The van der Waals surface area contributed by atoms with Crippen LogP contribution in [0, 0.1) is 0 Å². The molecular weight excluding hydrogens is 328 g/mol. The van der Waals surface area contributed by atoms with E-state index in [1.165, 1.54) is 5.56 Å². The van der Waals surface area contributed by atoms with Crippen molar-refractivity contribution in [2.24, 2.45) is 0 Å². The standard InChI is InChI=1S/C17H23BrN2O/c1-3-15-17(18)16(20(4-2)19-15)12-14(21)11-10-13-8-6-5-7-9-13/h5-9,14,21H,3-4,10-12H2,1-2H3. The van der Waals surface area contributed by atoms with E-state index in [0.29, 0.717) is 6.42 Å². The first kappa shape index (κ1) is 16.2. The van der Waals surface area contributed by atoms with Crippen LogP contribution in [0.15, 0.2) is 34.8 Å². The third kappa shape index (κ3) is 4.17. The van der Waals surface area contributed by atoms with Crippen LogP contribution < -0.4 is 0 Å². The second-order valence-corrected chi connectivity index (χ2v) is 6.05. The lowest BCUT2D eigenvalue weighted by molar-refractivity contribution is 0.162. The number of aliphatic hydroxyl groups excluding tert-OH is 1. The zero-order chi connectivity index (χ0) is 15.2. The molecule has 0 amide bonds. The van der Waals surface area contributed by atoms with Gasteiger partial charge < -0.3 is 5.11 Å². The predicted molar refractivity (Wildman–Crippen MR) is 89.5 cm³/mol. The number of hydrogen-bond donors (Lipinski definition) is 1. The molecule has 0 aliphatic heterocycles. The average molecular weight is 351 g/mol. The second-order valence-electron chi connectivity index (χ2n) is 5.26. The summed E-state index contributed by atoms with van der Waals surface area (Å²) in [5.41, 5.74) is 3.45. The van der Waals surface area contributed by atoms with E-state index in [9.17, 15) is 5.11 Å². The van der Waals surface area contributed by atoms with Crippen molar-refractivity contribution in [2.45, 2.75) is 52.2 Å². The maximum Gasteiger partial charge on any atom is 0.0766 e. The van der Waals surface area contributed by atoms with E-state index in [1.807, 2.05) is 22.9 Å². The smallest absolute Gasteiger partial charge is 0.0766 e. The highest BCUT2D eigenvalue weighted by molar-refractivity contribution is 9.10. The number of hydrogen-bond acceptors (Lipinski definition) is 2. The molecule has 1 heterocycles. The molecule has 1 aromatic carbocycles. The lowest BCUT2D eigenvalue weighted by Gasteiger charge is -2.12. The fourth-order valence-electron chi connectivity index (χ4n) is 2.52. The highest BCUT2D eigenvalue weighted by Gasteiger charge is 2.17. The van der Waals surface area contributed by atoms with E-state index < -0.39 is 0 Å². The van der Waals surface area contributed by atoms with Gasteiger partial charge in [0.25, 0.3) is 0 Å². The first-order valence-electron chi connectivity index (χ1n) is 7.61. The molecule has 1 N–H and O–H groups in total. The van der Waals surface area contributed by atoms with Crippen molar-refractivity contribution in [3.8, 4) is 0 Å². The quantitative estimate of drug-likeness (QED) is 0.825. The highest BCUT2D eigenvalue weighted by Crippen LogP contribution is 2.24. The Labute approximate surface area is 135 Å². The van der Waals surface area contributed by atoms with Crippen molar-refractivity contribution in [1.29, 1.82) is 0 Å². The molecule has 0 radical (unpaired) electrons. The van der Waals surface area contributed by atoms with Gasteiger partial charge in [0, 0.05) is 13.0 Å². The monoisotopic (exact) mass is 350 g/mol. The summed E-state index contributed by atoms with van der Waals surface area (Å²) >= 11 is 3.63. The first-order chi connectivity index (χ1) is 10.2. The number of aromatic nitrogens is 2. The molecule has 0 bridgehead atoms. The Morgan fingerprint density at radius 2 is 1.95 bits per heavy atom. The van der Waals surface area contributed by atoms with Gasteiger partial charge in [0.2, 0.25) is 0 Å². The Morgan fingerprint density at radius 1 is 1.24 bits per heavy atom. The van der Waals surface area contributed by atoms with Crippen LogP contribution in [0.5, 0.6) is 0 Å². The largest absolute Gasteiger partial charge is 0.393 e. The molecular formula is C17H23BrN2O. The van der Waals surface area contributed by atoms with Crippen LogP contribution >= 0.6 is 15.9 Å². The highest BCUT2D eigenvalue weighted by atomic mass is 79.9. The summed E-state index contributed by atoms with van der Waals surface area (Å²) in [6.07, 6.45) is 2.88. The molecule has 0 aliphatic rings. The molecule has 0 fully saturated rings. The summed E-state index contributed by atoms with van der Waals surface area (Å²) in [5, 5.41) is 14.9. The van der Waals surface area contributed by atoms with Crippen LogP contribution in [0.25, 0.3) is 0 Å². The van der Waals surface area contributed by atoms with Crippen molar-refractivity contribution < 1.29 is 5.11 Å². The van der Waals surface area contributed by atoms with Gasteiger partial charge in [-0.25, -0.2) is 0 Å². The summed E-state index contributed by atoms with van der Waals surface area (Å²) in [6, 6.07) is 10.3. The summed E-state index contributed by atoms with van der Waals surface area (Å²) in [4.78, 5) is 0. The fourth-order valence-corrected chi connectivity index (χ4v) is 3.24. The third-order valence-corrected chi connectivity index (χ3v) is 4.65. The normalized spacial score (nSPS) is 12.6. The predicted octanol–water partition coefficient (Wildman–Crippen LogP) is 3.76. The molecule has 114 valence electrons. The molecule has 0 saturated carbocycles. The number of rotatable bonds is 7. The van der Waals surface area contributed by atoms with Gasteiger partial charge in [-0.15, -0.1) is 0 Å². The van der Waals surface area contributed by atoms with Gasteiger partial charge in [0.15, 0.2) is 0 Å². The Balaban J connectivity index is 1.99. The Kier molecular flexibility index (Phi) is 6.00. The number of aliphatic hydroxyl groups is 1. The van der Waals surface area contributed by atoms with Crippen LogP contribution in [0.2, 0.25) is 0 Å². The Morgan fingerprint density at radius 3 is 2.57 bits per heavy atom. The number of aryl methyl sites for hydroxylation is 3. The molecule has 1 atom stereocenters. The molecule has 3 nitrogen and oxygen atoms in total. The molecule has 21 heavy (non-hydrogen) atoms. The van der Waals surface area contributed by atoms with Gasteiger partial charge >= 0.3 is 0 Å². The summed E-state index contributed by atoms with van der Waals surface area (Å²) < 4.78 is 3.06. The van der Waals surface area contributed by atoms with Crippen LogP contribution in [0.3, 0.4) is 0 Å². The minimum absolute atomic E-state index is 0.340. The number of benzene rings is 1. The first-order valence-corrected chi connectivity index (χ1v) is 8.41. The topological polar surface area (TPSA) is 38.0 Å². The zero-order valence-corrected chi connectivity index (χ0v) is 14.3. The molecule has 1 aromatic heterocycles. The van der Waals surface area contributed by atoms with Gasteiger partial charge in [-0.05, 0) is 47.7 Å². The Hall–Kier alpha value is -1.13. The van der Waals surface area contributed by atoms with E-state index in [-0.39, 0.29) is 6.10 Å². The molecule has 1 unspecified atom stereocenters. The molecule has 2 rings (SSSR count). The second kappa shape index (κ2) is 7.76. The summed E-state index contributed by atoms with van der Waals surface area (Å²) in [6.45, 7) is 5.01. The molecule has 2 aromatic rings. The van der Waals surface area contributed by atoms with Crippen LogP contribution in [0.1, 0.15) is 37.2 Å². The third-order valence-electron chi connectivity index (χ3n) is 3.73. The summed E-state index contributed by atoms with van der Waals surface area (Å²) in [5.74, 6) is 0. The SMILES string of the molecule is CCc1nn(CC)c(CC(O)CCc2ccccc2)c1Br. The van der Waals surface area contributed by atoms with Gasteiger partial charge in [0.1, 0.15) is 0 Å². The van der Waals surface area contributed by atoms with Gasteiger partial charge in [-0.1, -0.05) is 37.3 Å². The van der Waals surface area contributed by atoms with Gasteiger partial charge in [-0.2, -0.15) is 5.10 Å². The maximum absolute atomic E-state index is 10.3. The van der Waals surface area contributed by atoms with E-state index in [0.717, 1.165) is 41.7 Å². The minimum atomic E-state index is -0.340. The average Bonchev–Trinajstić information content (AvgIpc) is 2.82. The van der Waals surface area contributed by atoms with Gasteiger partial charge in [0.05, 0.1) is 22.0 Å². The van der Waals surface area contributed by atoms with Crippen molar-refractivity contribution in [1.82, 2.24) is 9.78 Å². The lowest BCUT2D eigenvalue weighted by Crippen LogP contribution is -2.15. The van der Waals surface area contributed by atoms with Crippen molar-refractivity contribution in [3.63, 3.8) is 0 Å². The van der Waals surface area contributed by atoms with Crippen LogP contribution in [0.4, 0.5) is 0 Å². The minimum Gasteiger partial charge on any atom is -0.393 e.